The molecule has 0 fully saturated rings. The first-order valence-corrected chi connectivity index (χ1v) is 7.59. The van der Waals surface area contributed by atoms with Crippen molar-refractivity contribution in [3.63, 3.8) is 0 Å². The lowest BCUT2D eigenvalue weighted by atomic mass is 10.1. The molecule has 1 unspecified atom stereocenters. The molecule has 5 heteroatoms. The molecule has 20 heavy (non-hydrogen) atoms. The van der Waals surface area contributed by atoms with Crippen molar-refractivity contribution in [2.24, 2.45) is 5.73 Å². The minimum atomic E-state index is 0.127. The van der Waals surface area contributed by atoms with Crippen LogP contribution in [0.1, 0.15) is 23.7 Å². The van der Waals surface area contributed by atoms with E-state index in [1.165, 1.54) is 11.1 Å². The Morgan fingerprint density at radius 3 is 2.80 bits per heavy atom. The molecule has 0 saturated heterocycles. The number of aromatic nitrogens is 3. The smallest absolute Gasteiger partial charge is 0.212 e. The first-order valence-electron chi connectivity index (χ1n) is 6.71. The lowest BCUT2D eigenvalue weighted by Crippen LogP contribution is -2.18. The highest BCUT2D eigenvalue weighted by Crippen LogP contribution is 2.23. The van der Waals surface area contributed by atoms with Gasteiger partial charge in [-0.2, -0.15) is 4.98 Å². The van der Waals surface area contributed by atoms with Gasteiger partial charge < -0.3 is 5.73 Å². The largest absolute Gasteiger partial charge is 0.328 e. The van der Waals surface area contributed by atoms with E-state index in [2.05, 4.69) is 47.5 Å². The van der Waals surface area contributed by atoms with Gasteiger partial charge in [-0.25, -0.2) is 4.52 Å². The maximum atomic E-state index is 5.87. The lowest BCUT2D eigenvalue weighted by molar-refractivity contribution is 0.703. The molecule has 0 spiro atoms. The summed E-state index contributed by atoms with van der Waals surface area (Å²) in [6.07, 6.45) is 0.815. The van der Waals surface area contributed by atoms with Crippen molar-refractivity contribution >= 4 is 16.3 Å². The number of nitrogens with zero attached hydrogens (tertiary/aromatic N) is 3. The summed E-state index contributed by atoms with van der Waals surface area (Å²) in [5.74, 6) is 0.783. The number of hydrogen-bond acceptors (Lipinski definition) is 4. The van der Waals surface area contributed by atoms with Crippen LogP contribution < -0.4 is 5.73 Å². The molecule has 0 aliphatic carbocycles. The Hall–Kier alpha value is -1.72. The molecular weight excluding hydrogens is 268 g/mol. The Bertz CT molecular complexity index is 754. The molecule has 0 amide bonds. The molecule has 1 aromatic carbocycles. The summed E-state index contributed by atoms with van der Waals surface area (Å²) < 4.78 is 1.92. The molecule has 0 aliphatic heterocycles. The van der Waals surface area contributed by atoms with Crippen LogP contribution in [0.2, 0.25) is 0 Å². The Kier molecular flexibility index (Phi) is 3.31. The van der Waals surface area contributed by atoms with Crippen LogP contribution in [0.4, 0.5) is 0 Å². The number of benzene rings is 1. The predicted molar refractivity (Wildman–Crippen MR) is 83.1 cm³/mol. The van der Waals surface area contributed by atoms with E-state index >= 15 is 0 Å². The molecule has 0 aliphatic rings. The number of rotatable bonds is 3. The van der Waals surface area contributed by atoms with E-state index in [4.69, 9.17) is 5.73 Å². The summed E-state index contributed by atoms with van der Waals surface area (Å²) in [6.45, 7) is 6.22. The molecule has 3 rings (SSSR count). The van der Waals surface area contributed by atoms with Gasteiger partial charge in [0.25, 0.3) is 0 Å². The SMILES string of the molecule is Cc1ccc(-c2nc3scc(CC(C)N)n3n2)cc1C. The molecule has 2 aromatic heterocycles. The highest BCUT2D eigenvalue weighted by Gasteiger charge is 2.12. The van der Waals surface area contributed by atoms with Crippen LogP contribution in [-0.4, -0.2) is 20.6 Å². The van der Waals surface area contributed by atoms with Gasteiger partial charge in [0.2, 0.25) is 4.96 Å². The Labute approximate surface area is 122 Å². The van der Waals surface area contributed by atoms with E-state index < -0.39 is 0 Å². The highest BCUT2D eigenvalue weighted by molar-refractivity contribution is 7.15. The summed E-state index contributed by atoms with van der Waals surface area (Å²) in [5.41, 5.74) is 10.6. The summed E-state index contributed by atoms with van der Waals surface area (Å²) in [5, 5.41) is 6.71. The maximum Gasteiger partial charge on any atom is 0.212 e. The first-order chi connectivity index (χ1) is 9.54. The van der Waals surface area contributed by atoms with Gasteiger partial charge in [0.15, 0.2) is 5.82 Å². The van der Waals surface area contributed by atoms with Gasteiger partial charge in [-0.15, -0.1) is 16.4 Å². The molecule has 2 N–H and O–H groups in total. The average Bonchev–Trinajstić information content (AvgIpc) is 2.94. The van der Waals surface area contributed by atoms with Gasteiger partial charge in [-0.3, -0.25) is 0 Å². The Morgan fingerprint density at radius 1 is 1.30 bits per heavy atom. The minimum absolute atomic E-state index is 0.127. The van der Waals surface area contributed by atoms with E-state index in [0.29, 0.717) is 0 Å². The fourth-order valence-electron chi connectivity index (χ4n) is 2.20. The quantitative estimate of drug-likeness (QED) is 0.805. The van der Waals surface area contributed by atoms with Gasteiger partial charge in [-0.1, -0.05) is 12.1 Å². The van der Waals surface area contributed by atoms with Crippen LogP contribution in [0.25, 0.3) is 16.3 Å². The maximum absolute atomic E-state index is 5.87. The molecule has 2 heterocycles. The monoisotopic (exact) mass is 286 g/mol. The van der Waals surface area contributed by atoms with Crippen LogP contribution in [-0.2, 0) is 6.42 Å². The second-order valence-electron chi connectivity index (χ2n) is 5.34. The summed E-state index contributed by atoms with van der Waals surface area (Å²) in [7, 11) is 0. The highest BCUT2D eigenvalue weighted by atomic mass is 32.1. The zero-order valence-electron chi connectivity index (χ0n) is 11.9. The first kappa shape index (κ1) is 13.3. The summed E-state index contributed by atoms with van der Waals surface area (Å²) in [4.78, 5) is 5.54. The van der Waals surface area contributed by atoms with E-state index in [0.717, 1.165) is 28.5 Å². The van der Waals surface area contributed by atoms with Crippen molar-refractivity contribution in [2.75, 3.05) is 0 Å². The lowest BCUT2D eigenvalue weighted by Gasteiger charge is -2.02. The second-order valence-corrected chi connectivity index (χ2v) is 6.17. The fraction of sp³-hybridized carbons (Fsp3) is 0.333. The topological polar surface area (TPSA) is 56.2 Å². The molecular formula is C15H18N4S. The molecule has 0 radical (unpaired) electrons. The molecule has 1 atom stereocenters. The van der Waals surface area contributed by atoms with Crippen molar-refractivity contribution < 1.29 is 0 Å². The van der Waals surface area contributed by atoms with Crippen molar-refractivity contribution in [1.82, 2.24) is 14.6 Å². The zero-order valence-corrected chi connectivity index (χ0v) is 12.7. The molecule has 3 aromatic rings. The minimum Gasteiger partial charge on any atom is -0.328 e. The van der Waals surface area contributed by atoms with Crippen molar-refractivity contribution in [2.45, 2.75) is 33.2 Å². The van der Waals surface area contributed by atoms with E-state index in [-0.39, 0.29) is 6.04 Å². The van der Waals surface area contributed by atoms with Gasteiger partial charge in [0.05, 0.1) is 5.69 Å². The predicted octanol–water partition coefficient (Wildman–Crippen LogP) is 2.96. The van der Waals surface area contributed by atoms with Crippen LogP contribution in [0.15, 0.2) is 23.6 Å². The van der Waals surface area contributed by atoms with Crippen LogP contribution in [0.5, 0.6) is 0 Å². The van der Waals surface area contributed by atoms with Crippen LogP contribution >= 0.6 is 11.3 Å². The second kappa shape index (κ2) is 5.00. The van der Waals surface area contributed by atoms with Gasteiger partial charge >= 0.3 is 0 Å². The third-order valence-corrected chi connectivity index (χ3v) is 4.31. The summed E-state index contributed by atoms with van der Waals surface area (Å²) in [6, 6.07) is 6.46. The number of fused-ring (bicyclic) bond motifs is 1. The standard InChI is InChI=1S/C15H18N4S/c1-9-4-5-12(6-10(9)2)14-17-15-19(18-14)13(8-20-15)7-11(3)16/h4-6,8,11H,7,16H2,1-3H3. The van der Waals surface area contributed by atoms with Crippen molar-refractivity contribution in [3.05, 3.63) is 40.4 Å². The van der Waals surface area contributed by atoms with E-state index in [1.807, 2.05) is 11.4 Å². The van der Waals surface area contributed by atoms with Crippen molar-refractivity contribution in [3.8, 4) is 11.4 Å². The number of nitrogens with two attached hydrogens (primary N) is 1. The zero-order chi connectivity index (χ0) is 14.3. The Morgan fingerprint density at radius 2 is 2.10 bits per heavy atom. The number of thiazole rings is 1. The van der Waals surface area contributed by atoms with Gasteiger partial charge in [-0.05, 0) is 38.0 Å². The third-order valence-electron chi connectivity index (χ3n) is 3.45. The van der Waals surface area contributed by atoms with Gasteiger partial charge in [0.1, 0.15) is 0 Å². The normalized spacial score (nSPS) is 13.0. The molecule has 0 saturated carbocycles. The average molecular weight is 286 g/mol. The molecule has 104 valence electrons. The van der Waals surface area contributed by atoms with Crippen molar-refractivity contribution in [1.29, 1.82) is 0 Å². The Balaban J connectivity index is 2.04. The van der Waals surface area contributed by atoms with Gasteiger partial charge in [0, 0.05) is 23.4 Å². The van der Waals surface area contributed by atoms with Crippen LogP contribution in [0.3, 0.4) is 0 Å². The molecule has 4 nitrogen and oxygen atoms in total. The number of aryl methyl sites for hydroxylation is 2. The third kappa shape index (κ3) is 2.34. The number of hydrogen-bond donors (Lipinski definition) is 1. The van der Waals surface area contributed by atoms with E-state index in [1.54, 1.807) is 11.3 Å². The van der Waals surface area contributed by atoms with E-state index in [9.17, 15) is 0 Å². The fourth-order valence-corrected chi connectivity index (χ4v) is 3.03. The van der Waals surface area contributed by atoms with Crippen LogP contribution in [0, 0.1) is 13.8 Å². The molecule has 0 bridgehead atoms. The summed E-state index contributed by atoms with van der Waals surface area (Å²) >= 11 is 1.61.